The van der Waals surface area contributed by atoms with Crippen LogP contribution in [0.1, 0.15) is 18.5 Å². The van der Waals surface area contributed by atoms with Gasteiger partial charge < -0.3 is 9.47 Å². The van der Waals surface area contributed by atoms with Gasteiger partial charge in [0.15, 0.2) is 0 Å². The first-order valence-electron chi connectivity index (χ1n) is 7.86. The van der Waals surface area contributed by atoms with Gasteiger partial charge in [-0.2, -0.15) is 0 Å². The number of likely N-dealkylation sites (tertiary alicyclic amines) is 1. The van der Waals surface area contributed by atoms with Gasteiger partial charge in [-0.15, -0.1) is 0 Å². The smallest absolute Gasteiger partial charge is 0.268 e. The molecule has 3 rings (SSSR count). The second-order valence-electron chi connectivity index (χ2n) is 5.98. The van der Waals surface area contributed by atoms with Crippen LogP contribution < -0.4 is 10.5 Å². The molecule has 1 fully saturated rings. The van der Waals surface area contributed by atoms with E-state index >= 15 is 0 Å². The molecule has 2 aromatic rings. The van der Waals surface area contributed by atoms with E-state index in [0.29, 0.717) is 6.04 Å². The lowest BCUT2D eigenvalue weighted by Gasteiger charge is -2.37. The number of rotatable bonds is 4. The molecule has 1 saturated heterocycles. The SMILES string of the molecule is CN(c1ccncn1)C1CCN(Cc2cncc(=O)n2C)CC1. The number of aromatic nitrogens is 4. The maximum Gasteiger partial charge on any atom is 0.268 e. The molecule has 0 aliphatic carbocycles. The maximum absolute atomic E-state index is 11.6. The van der Waals surface area contributed by atoms with Crippen LogP contribution in [0, 0.1) is 0 Å². The summed E-state index contributed by atoms with van der Waals surface area (Å²) in [5.74, 6) is 0.966. The summed E-state index contributed by atoms with van der Waals surface area (Å²) >= 11 is 0. The zero-order chi connectivity index (χ0) is 16.2. The highest BCUT2D eigenvalue weighted by Crippen LogP contribution is 2.20. The molecular weight excluding hydrogens is 292 g/mol. The Balaban J connectivity index is 1.58. The van der Waals surface area contributed by atoms with Crippen molar-refractivity contribution in [3.05, 3.63) is 47.0 Å². The van der Waals surface area contributed by atoms with Crippen LogP contribution in [0.25, 0.3) is 0 Å². The highest BCUT2D eigenvalue weighted by atomic mass is 16.1. The number of anilines is 1. The van der Waals surface area contributed by atoms with Crippen molar-refractivity contribution in [1.29, 1.82) is 0 Å². The second kappa shape index (κ2) is 6.87. The summed E-state index contributed by atoms with van der Waals surface area (Å²) in [6.07, 6.45) is 8.65. The summed E-state index contributed by atoms with van der Waals surface area (Å²) in [7, 11) is 3.89. The van der Waals surface area contributed by atoms with Gasteiger partial charge in [0.1, 0.15) is 12.1 Å². The molecule has 3 heterocycles. The van der Waals surface area contributed by atoms with Crippen LogP contribution in [0.3, 0.4) is 0 Å². The highest BCUT2D eigenvalue weighted by molar-refractivity contribution is 5.36. The average molecular weight is 314 g/mol. The Morgan fingerprint density at radius 1 is 1.26 bits per heavy atom. The molecule has 7 nitrogen and oxygen atoms in total. The van der Waals surface area contributed by atoms with E-state index in [1.165, 1.54) is 6.20 Å². The van der Waals surface area contributed by atoms with Crippen LogP contribution in [0.2, 0.25) is 0 Å². The fourth-order valence-corrected chi connectivity index (χ4v) is 3.02. The third-order valence-electron chi connectivity index (χ3n) is 4.59. The molecule has 0 bridgehead atoms. The van der Waals surface area contributed by atoms with Crippen molar-refractivity contribution >= 4 is 5.82 Å². The zero-order valence-electron chi connectivity index (χ0n) is 13.6. The third kappa shape index (κ3) is 3.56. The van der Waals surface area contributed by atoms with Gasteiger partial charge >= 0.3 is 0 Å². The van der Waals surface area contributed by atoms with Crippen molar-refractivity contribution in [2.75, 3.05) is 25.0 Å². The second-order valence-corrected chi connectivity index (χ2v) is 5.98. The molecule has 0 amide bonds. The predicted molar refractivity (Wildman–Crippen MR) is 88.2 cm³/mol. The first-order chi connectivity index (χ1) is 11.1. The van der Waals surface area contributed by atoms with E-state index in [9.17, 15) is 4.79 Å². The first-order valence-corrected chi connectivity index (χ1v) is 7.86. The number of piperidine rings is 1. The van der Waals surface area contributed by atoms with Gasteiger partial charge in [0, 0.05) is 52.2 Å². The van der Waals surface area contributed by atoms with Crippen molar-refractivity contribution in [2.24, 2.45) is 7.05 Å². The first kappa shape index (κ1) is 15.6. The third-order valence-corrected chi connectivity index (χ3v) is 4.59. The monoisotopic (exact) mass is 314 g/mol. The van der Waals surface area contributed by atoms with Crippen LogP contribution in [0.5, 0.6) is 0 Å². The molecule has 0 saturated carbocycles. The highest BCUT2D eigenvalue weighted by Gasteiger charge is 2.23. The lowest BCUT2D eigenvalue weighted by molar-refractivity contribution is 0.198. The molecule has 7 heteroatoms. The molecule has 23 heavy (non-hydrogen) atoms. The summed E-state index contributed by atoms with van der Waals surface area (Å²) < 4.78 is 1.67. The summed E-state index contributed by atoms with van der Waals surface area (Å²) in [6, 6.07) is 2.43. The number of hydrogen-bond donors (Lipinski definition) is 0. The summed E-state index contributed by atoms with van der Waals surface area (Å²) in [6.45, 7) is 2.77. The van der Waals surface area contributed by atoms with E-state index in [4.69, 9.17) is 0 Å². The van der Waals surface area contributed by atoms with E-state index < -0.39 is 0 Å². The van der Waals surface area contributed by atoms with Gasteiger partial charge in [-0.3, -0.25) is 14.7 Å². The maximum atomic E-state index is 11.6. The summed E-state index contributed by atoms with van der Waals surface area (Å²) in [5, 5.41) is 0. The Morgan fingerprint density at radius 2 is 2.04 bits per heavy atom. The summed E-state index contributed by atoms with van der Waals surface area (Å²) in [5.41, 5.74) is 0.904. The lowest BCUT2D eigenvalue weighted by Crippen LogP contribution is -2.43. The molecule has 122 valence electrons. The van der Waals surface area contributed by atoms with Crippen molar-refractivity contribution in [1.82, 2.24) is 24.4 Å². The zero-order valence-corrected chi connectivity index (χ0v) is 13.6. The van der Waals surface area contributed by atoms with Crippen molar-refractivity contribution in [3.63, 3.8) is 0 Å². The summed E-state index contributed by atoms with van der Waals surface area (Å²) in [4.78, 5) is 28.5. The topological polar surface area (TPSA) is 67.2 Å². The van der Waals surface area contributed by atoms with Crippen LogP contribution in [-0.4, -0.2) is 50.6 Å². The molecule has 0 N–H and O–H groups in total. The molecule has 1 aliphatic rings. The number of nitrogens with zero attached hydrogens (tertiary/aromatic N) is 6. The van der Waals surface area contributed by atoms with E-state index in [1.54, 1.807) is 30.3 Å². The van der Waals surface area contributed by atoms with Gasteiger partial charge in [0.25, 0.3) is 5.56 Å². The molecule has 0 aromatic carbocycles. The molecule has 1 aliphatic heterocycles. The van der Waals surface area contributed by atoms with E-state index in [2.05, 4.69) is 31.8 Å². The van der Waals surface area contributed by atoms with Crippen LogP contribution in [-0.2, 0) is 13.6 Å². The molecule has 0 atom stereocenters. The Kier molecular flexibility index (Phi) is 4.66. The molecular formula is C16H22N6O. The van der Waals surface area contributed by atoms with Gasteiger partial charge in [0.05, 0.1) is 11.9 Å². The Hall–Kier alpha value is -2.28. The fraction of sp³-hybridized carbons (Fsp3) is 0.500. The molecule has 0 spiro atoms. The Morgan fingerprint density at radius 3 is 2.74 bits per heavy atom. The fourth-order valence-electron chi connectivity index (χ4n) is 3.02. The van der Waals surface area contributed by atoms with Gasteiger partial charge in [-0.25, -0.2) is 9.97 Å². The number of hydrogen-bond acceptors (Lipinski definition) is 6. The van der Waals surface area contributed by atoms with Gasteiger partial charge in [-0.1, -0.05) is 0 Å². The van der Waals surface area contributed by atoms with Gasteiger partial charge in [-0.05, 0) is 18.9 Å². The lowest BCUT2D eigenvalue weighted by atomic mass is 10.0. The van der Waals surface area contributed by atoms with Crippen molar-refractivity contribution < 1.29 is 0 Å². The normalized spacial score (nSPS) is 16.4. The van der Waals surface area contributed by atoms with Crippen molar-refractivity contribution in [2.45, 2.75) is 25.4 Å². The molecule has 0 radical (unpaired) electrons. The Labute approximate surface area is 135 Å². The molecule has 2 aromatic heterocycles. The largest absolute Gasteiger partial charge is 0.356 e. The average Bonchev–Trinajstić information content (AvgIpc) is 2.60. The minimum Gasteiger partial charge on any atom is -0.356 e. The van der Waals surface area contributed by atoms with Crippen LogP contribution >= 0.6 is 0 Å². The van der Waals surface area contributed by atoms with Crippen LogP contribution in [0.15, 0.2) is 35.8 Å². The Bertz CT molecular complexity index is 693. The predicted octanol–water partition coefficient (Wildman–Crippen LogP) is 0.671. The van der Waals surface area contributed by atoms with E-state index in [0.717, 1.165) is 44.0 Å². The van der Waals surface area contributed by atoms with Crippen molar-refractivity contribution in [3.8, 4) is 0 Å². The standard InChI is InChI=1S/C16H22N6O/c1-20(15-3-6-17-12-19-15)13-4-7-22(8-5-13)11-14-9-18-10-16(23)21(14)2/h3,6,9-10,12-13H,4-5,7-8,11H2,1-2H3. The van der Waals surface area contributed by atoms with E-state index in [-0.39, 0.29) is 5.56 Å². The molecule has 0 unspecified atom stereocenters. The minimum absolute atomic E-state index is 0.0547. The van der Waals surface area contributed by atoms with E-state index in [1.807, 2.05) is 6.07 Å². The minimum atomic E-state index is -0.0547. The van der Waals surface area contributed by atoms with Crippen LogP contribution in [0.4, 0.5) is 5.82 Å². The quantitative estimate of drug-likeness (QED) is 0.826. The van der Waals surface area contributed by atoms with Gasteiger partial charge in [0.2, 0.25) is 0 Å².